The Morgan fingerprint density at radius 1 is 1.37 bits per heavy atom. The fraction of sp³-hybridized carbons (Fsp3) is 0.562. The molecule has 104 valence electrons. The van der Waals surface area contributed by atoms with E-state index >= 15 is 0 Å². The summed E-state index contributed by atoms with van der Waals surface area (Å²) in [6.45, 7) is 5.93. The number of likely N-dealkylation sites (N-methyl/N-ethyl adjacent to an activating group) is 1. The highest BCUT2D eigenvalue weighted by molar-refractivity contribution is 5.82. The fourth-order valence-corrected chi connectivity index (χ4v) is 2.71. The minimum Gasteiger partial charge on any atom is -0.335 e. The SMILES string of the molecule is CC(C)N(Cc1ccccc1)C(=O)C1CCCN1C. The third kappa shape index (κ3) is 3.35. The van der Waals surface area contributed by atoms with E-state index in [2.05, 4.69) is 37.9 Å². The van der Waals surface area contributed by atoms with Gasteiger partial charge in [-0.2, -0.15) is 0 Å². The highest BCUT2D eigenvalue weighted by atomic mass is 16.2. The van der Waals surface area contributed by atoms with Crippen LogP contribution in [0, 0.1) is 0 Å². The second-order valence-electron chi connectivity index (χ2n) is 5.68. The lowest BCUT2D eigenvalue weighted by atomic mass is 10.1. The lowest BCUT2D eigenvalue weighted by Gasteiger charge is -2.31. The molecule has 1 heterocycles. The van der Waals surface area contributed by atoms with Crippen molar-refractivity contribution in [3.63, 3.8) is 0 Å². The average molecular weight is 260 g/mol. The van der Waals surface area contributed by atoms with Gasteiger partial charge in [0.15, 0.2) is 0 Å². The van der Waals surface area contributed by atoms with Gasteiger partial charge in [-0.25, -0.2) is 0 Å². The first-order valence-electron chi connectivity index (χ1n) is 7.14. The quantitative estimate of drug-likeness (QED) is 0.830. The maximum Gasteiger partial charge on any atom is 0.240 e. The minimum atomic E-state index is 0.0751. The van der Waals surface area contributed by atoms with Gasteiger partial charge in [0.25, 0.3) is 0 Å². The summed E-state index contributed by atoms with van der Waals surface area (Å²) in [4.78, 5) is 16.9. The normalized spacial score (nSPS) is 19.9. The standard InChI is InChI=1S/C16H24N2O/c1-13(2)18(12-14-8-5-4-6-9-14)16(19)15-10-7-11-17(15)3/h4-6,8-9,13,15H,7,10-12H2,1-3H3. The van der Waals surface area contributed by atoms with Crippen LogP contribution in [0.5, 0.6) is 0 Å². The molecule has 19 heavy (non-hydrogen) atoms. The lowest BCUT2D eigenvalue weighted by Crippen LogP contribution is -2.46. The molecule has 0 saturated carbocycles. The third-order valence-corrected chi connectivity index (χ3v) is 3.91. The predicted octanol–water partition coefficient (Wildman–Crippen LogP) is 2.52. The third-order valence-electron chi connectivity index (χ3n) is 3.91. The summed E-state index contributed by atoms with van der Waals surface area (Å²) in [6.07, 6.45) is 2.12. The first kappa shape index (κ1) is 14.1. The molecule has 1 aliphatic rings. The van der Waals surface area contributed by atoms with E-state index in [4.69, 9.17) is 0 Å². The number of likely N-dealkylation sites (tertiary alicyclic amines) is 1. The van der Waals surface area contributed by atoms with Crippen LogP contribution in [-0.4, -0.2) is 41.4 Å². The smallest absolute Gasteiger partial charge is 0.240 e. The van der Waals surface area contributed by atoms with E-state index < -0.39 is 0 Å². The number of hydrogen-bond donors (Lipinski definition) is 0. The van der Waals surface area contributed by atoms with Crippen molar-refractivity contribution in [1.29, 1.82) is 0 Å². The number of benzene rings is 1. The molecule has 1 aromatic rings. The molecule has 1 unspecified atom stereocenters. The lowest BCUT2D eigenvalue weighted by molar-refractivity contribution is -0.138. The molecule has 1 amide bonds. The second kappa shape index (κ2) is 6.20. The van der Waals surface area contributed by atoms with Crippen LogP contribution in [0.15, 0.2) is 30.3 Å². The summed E-state index contributed by atoms with van der Waals surface area (Å²) in [6, 6.07) is 10.5. The van der Waals surface area contributed by atoms with Crippen LogP contribution in [-0.2, 0) is 11.3 Å². The Labute approximate surface area is 116 Å². The predicted molar refractivity (Wildman–Crippen MR) is 77.8 cm³/mol. The first-order valence-corrected chi connectivity index (χ1v) is 7.14. The average Bonchev–Trinajstić information content (AvgIpc) is 2.82. The number of carbonyl (C=O) groups excluding carboxylic acids is 1. The van der Waals surface area contributed by atoms with E-state index in [0.29, 0.717) is 6.54 Å². The molecule has 1 aromatic carbocycles. The van der Waals surface area contributed by atoms with Crippen LogP contribution >= 0.6 is 0 Å². The molecule has 3 nitrogen and oxygen atoms in total. The zero-order valence-corrected chi connectivity index (χ0v) is 12.2. The second-order valence-corrected chi connectivity index (χ2v) is 5.68. The van der Waals surface area contributed by atoms with Gasteiger partial charge in [0.1, 0.15) is 0 Å². The summed E-state index contributed by atoms with van der Waals surface area (Å²) < 4.78 is 0. The van der Waals surface area contributed by atoms with E-state index in [-0.39, 0.29) is 18.0 Å². The molecule has 0 aliphatic carbocycles. The van der Waals surface area contributed by atoms with E-state index in [0.717, 1.165) is 19.4 Å². The zero-order valence-electron chi connectivity index (χ0n) is 12.2. The van der Waals surface area contributed by atoms with Gasteiger partial charge in [0.05, 0.1) is 6.04 Å². The topological polar surface area (TPSA) is 23.6 Å². The molecule has 1 atom stereocenters. The highest BCUT2D eigenvalue weighted by Crippen LogP contribution is 2.19. The number of rotatable bonds is 4. The van der Waals surface area contributed by atoms with Gasteiger partial charge < -0.3 is 4.90 Å². The largest absolute Gasteiger partial charge is 0.335 e. The van der Waals surface area contributed by atoms with E-state index in [1.807, 2.05) is 23.1 Å². The number of nitrogens with zero attached hydrogens (tertiary/aromatic N) is 2. The van der Waals surface area contributed by atoms with Crippen LogP contribution < -0.4 is 0 Å². The van der Waals surface area contributed by atoms with E-state index in [1.54, 1.807) is 0 Å². The van der Waals surface area contributed by atoms with Gasteiger partial charge >= 0.3 is 0 Å². The molecule has 0 bridgehead atoms. The Morgan fingerprint density at radius 3 is 2.58 bits per heavy atom. The van der Waals surface area contributed by atoms with Crippen molar-refractivity contribution in [1.82, 2.24) is 9.80 Å². The Hall–Kier alpha value is -1.35. The van der Waals surface area contributed by atoms with Crippen molar-refractivity contribution >= 4 is 5.91 Å². The number of carbonyl (C=O) groups is 1. The van der Waals surface area contributed by atoms with Crippen molar-refractivity contribution in [2.75, 3.05) is 13.6 Å². The van der Waals surface area contributed by atoms with E-state index in [1.165, 1.54) is 5.56 Å². The molecule has 0 spiro atoms. The Morgan fingerprint density at radius 2 is 2.05 bits per heavy atom. The number of amides is 1. The molecule has 3 heteroatoms. The molecule has 0 N–H and O–H groups in total. The monoisotopic (exact) mass is 260 g/mol. The number of hydrogen-bond acceptors (Lipinski definition) is 2. The summed E-state index contributed by atoms with van der Waals surface area (Å²) in [5.74, 6) is 0.277. The first-order chi connectivity index (χ1) is 9.09. The van der Waals surface area contributed by atoms with Crippen LogP contribution in [0.2, 0.25) is 0 Å². The molecule has 1 fully saturated rings. The van der Waals surface area contributed by atoms with Crippen molar-refractivity contribution in [2.45, 2.75) is 45.3 Å². The Kier molecular flexibility index (Phi) is 4.59. The summed E-state index contributed by atoms with van der Waals surface area (Å²) in [5, 5.41) is 0. The molecular formula is C16H24N2O. The highest BCUT2D eigenvalue weighted by Gasteiger charge is 2.32. The van der Waals surface area contributed by atoms with Crippen molar-refractivity contribution < 1.29 is 4.79 Å². The summed E-state index contributed by atoms with van der Waals surface area (Å²) >= 11 is 0. The van der Waals surface area contributed by atoms with Crippen LogP contribution in [0.4, 0.5) is 0 Å². The molecule has 0 radical (unpaired) electrons. The Bertz CT molecular complexity index is 416. The Balaban J connectivity index is 2.09. The zero-order chi connectivity index (χ0) is 13.8. The van der Waals surface area contributed by atoms with Gasteiger partial charge in [-0.1, -0.05) is 30.3 Å². The van der Waals surface area contributed by atoms with Gasteiger partial charge in [-0.3, -0.25) is 9.69 Å². The van der Waals surface area contributed by atoms with Crippen molar-refractivity contribution in [3.8, 4) is 0 Å². The van der Waals surface area contributed by atoms with Crippen LogP contribution in [0.25, 0.3) is 0 Å². The molecular weight excluding hydrogens is 236 g/mol. The fourth-order valence-electron chi connectivity index (χ4n) is 2.71. The van der Waals surface area contributed by atoms with Gasteiger partial charge in [-0.15, -0.1) is 0 Å². The molecule has 2 rings (SSSR count). The van der Waals surface area contributed by atoms with Gasteiger partial charge in [0.2, 0.25) is 5.91 Å². The maximum absolute atomic E-state index is 12.7. The van der Waals surface area contributed by atoms with E-state index in [9.17, 15) is 4.79 Å². The minimum absolute atomic E-state index is 0.0751. The van der Waals surface area contributed by atoms with Gasteiger partial charge in [0, 0.05) is 12.6 Å². The van der Waals surface area contributed by atoms with Crippen LogP contribution in [0.3, 0.4) is 0 Å². The molecule has 0 aromatic heterocycles. The van der Waals surface area contributed by atoms with Crippen molar-refractivity contribution in [3.05, 3.63) is 35.9 Å². The maximum atomic E-state index is 12.7. The van der Waals surface area contributed by atoms with Crippen molar-refractivity contribution in [2.24, 2.45) is 0 Å². The summed E-state index contributed by atoms with van der Waals surface area (Å²) in [5.41, 5.74) is 1.20. The summed E-state index contributed by atoms with van der Waals surface area (Å²) in [7, 11) is 2.05. The van der Waals surface area contributed by atoms with Crippen LogP contribution in [0.1, 0.15) is 32.3 Å². The molecule has 1 saturated heterocycles. The van der Waals surface area contributed by atoms with Gasteiger partial charge in [-0.05, 0) is 45.8 Å². The molecule has 1 aliphatic heterocycles.